The lowest BCUT2D eigenvalue weighted by Crippen LogP contribution is -2.45. The Balaban J connectivity index is 0.00000288. The van der Waals surface area contributed by atoms with E-state index in [2.05, 4.69) is 15.2 Å². The summed E-state index contributed by atoms with van der Waals surface area (Å²) in [4.78, 5) is 33.3. The fraction of sp³-hybridized carbons (Fsp3) is 0.812. The fourth-order valence-electron chi connectivity index (χ4n) is 2.80. The molecule has 7 nitrogen and oxygen atoms in total. The highest BCUT2D eigenvalue weighted by Crippen LogP contribution is 2.41. The van der Waals surface area contributed by atoms with Gasteiger partial charge >= 0.3 is 0 Å². The fourth-order valence-corrected chi connectivity index (χ4v) is 2.80. The Morgan fingerprint density at radius 3 is 2.21 bits per heavy atom. The van der Waals surface area contributed by atoms with Crippen molar-refractivity contribution in [2.24, 2.45) is 16.8 Å². The molecule has 0 bridgehead atoms. The number of nitrogens with one attached hydrogen (secondary N) is 1. The molecule has 24 heavy (non-hydrogen) atoms. The van der Waals surface area contributed by atoms with Crippen molar-refractivity contribution in [2.75, 3.05) is 54.4 Å². The summed E-state index contributed by atoms with van der Waals surface area (Å²) in [6.45, 7) is 2.23. The number of rotatable bonds is 5. The zero-order valence-corrected chi connectivity index (χ0v) is 17.4. The first-order valence-corrected chi connectivity index (χ1v) is 8.32. The largest absolute Gasteiger partial charge is 0.347 e. The lowest BCUT2D eigenvalue weighted by Gasteiger charge is -2.23. The predicted molar refractivity (Wildman–Crippen MR) is 106 cm³/mol. The average molecular weight is 451 g/mol. The normalized spacial score (nSPS) is 20.4. The van der Waals surface area contributed by atoms with E-state index in [-0.39, 0.29) is 48.9 Å². The van der Waals surface area contributed by atoms with Crippen molar-refractivity contribution in [3.05, 3.63) is 0 Å². The number of nitrogens with zero attached hydrogens (tertiary/aromatic N) is 4. The predicted octanol–water partition coefficient (Wildman–Crippen LogP) is 0.458. The molecule has 2 fully saturated rings. The van der Waals surface area contributed by atoms with Crippen molar-refractivity contribution in [1.82, 2.24) is 20.0 Å². The van der Waals surface area contributed by atoms with Gasteiger partial charge in [-0.2, -0.15) is 0 Å². The summed E-state index contributed by atoms with van der Waals surface area (Å²) in [7, 11) is 6.91. The van der Waals surface area contributed by atoms with Gasteiger partial charge in [-0.3, -0.25) is 9.59 Å². The molecular formula is C16H30IN5O2. The van der Waals surface area contributed by atoms with Gasteiger partial charge in [0.25, 0.3) is 0 Å². The van der Waals surface area contributed by atoms with E-state index in [1.54, 1.807) is 33.1 Å². The monoisotopic (exact) mass is 451 g/mol. The van der Waals surface area contributed by atoms with Crippen LogP contribution in [0, 0.1) is 11.8 Å². The van der Waals surface area contributed by atoms with Crippen LogP contribution in [0.5, 0.6) is 0 Å². The number of halogens is 1. The second-order valence-electron chi connectivity index (χ2n) is 6.90. The van der Waals surface area contributed by atoms with Crippen molar-refractivity contribution < 1.29 is 9.59 Å². The van der Waals surface area contributed by atoms with Crippen molar-refractivity contribution in [3.8, 4) is 0 Å². The standard InChI is InChI=1S/C16H29N5O2.HI/c1-19(2)14(22)9-17-16(18-10-15(23)20(3)4)21-8-7-13(11-21)12-5-6-12;/h12-13H,5-11H2,1-4H3,(H,17,18);1H. The molecule has 1 saturated heterocycles. The number of aliphatic imine (C=N–C) groups is 1. The molecule has 1 unspecified atom stereocenters. The van der Waals surface area contributed by atoms with Crippen LogP contribution < -0.4 is 5.32 Å². The van der Waals surface area contributed by atoms with E-state index in [9.17, 15) is 9.59 Å². The quantitative estimate of drug-likeness (QED) is 0.375. The molecule has 0 radical (unpaired) electrons. The third kappa shape index (κ3) is 6.10. The van der Waals surface area contributed by atoms with Crippen LogP contribution in [0.15, 0.2) is 4.99 Å². The SMILES string of the molecule is CN(C)C(=O)CN=C(NCC(=O)N(C)C)N1CCC(C2CC2)C1.I. The van der Waals surface area contributed by atoms with E-state index in [1.165, 1.54) is 24.2 Å². The molecule has 8 heteroatoms. The molecule has 0 aromatic carbocycles. The summed E-state index contributed by atoms with van der Waals surface area (Å²) in [5.41, 5.74) is 0. The number of carbonyl (C=O) groups excluding carboxylic acids is 2. The topological polar surface area (TPSA) is 68.2 Å². The number of likely N-dealkylation sites (N-methyl/N-ethyl adjacent to an activating group) is 2. The molecule has 1 saturated carbocycles. The first kappa shape index (κ1) is 21.0. The van der Waals surface area contributed by atoms with Crippen molar-refractivity contribution in [3.63, 3.8) is 0 Å². The Morgan fingerprint density at radius 2 is 1.67 bits per heavy atom. The molecule has 2 amide bonds. The Hall–Kier alpha value is -1.06. The van der Waals surface area contributed by atoms with Gasteiger partial charge in [-0.05, 0) is 31.1 Å². The van der Waals surface area contributed by atoms with Gasteiger partial charge in [-0.1, -0.05) is 0 Å². The number of likely N-dealkylation sites (tertiary alicyclic amines) is 1. The van der Waals surface area contributed by atoms with E-state index in [0.29, 0.717) is 5.96 Å². The molecule has 2 rings (SSSR count). The number of guanidine groups is 1. The molecule has 0 aromatic heterocycles. The number of hydrogen-bond donors (Lipinski definition) is 1. The summed E-state index contributed by atoms with van der Waals surface area (Å²) < 4.78 is 0. The van der Waals surface area contributed by atoms with Gasteiger partial charge in [0.1, 0.15) is 6.54 Å². The van der Waals surface area contributed by atoms with Crippen LogP contribution in [0.1, 0.15) is 19.3 Å². The highest BCUT2D eigenvalue weighted by atomic mass is 127. The summed E-state index contributed by atoms with van der Waals surface area (Å²) in [6, 6.07) is 0. The minimum Gasteiger partial charge on any atom is -0.347 e. The molecule has 0 spiro atoms. The van der Waals surface area contributed by atoms with Crippen LogP contribution in [0.2, 0.25) is 0 Å². The zero-order valence-electron chi connectivity index (χ0n) is 15.1. The Kier molecular flexibility index (Phi) is 8.24. The first-order valence-electron chi connectivity index (χ1n) is 8.32. The smallest absolute Gasteiger partial charge is 0.243 e. The highest BCUT2D eigenvalue weighted by Gasteiger charge is 2.36. The Bertz CT molecular complexity index is 477. The molecule has 0 aromatic rings. The average Bonchev–Trinajstić information content (AvgIpc) is 3.24. The lowest BCUT2D eigenvalue weighted by atomic mass is 10.0. The summed E-state index contributed by atoms with van der Waals surface area (Å²) >= 11 is 0. The van der Waals surface area contributed by atoms with Crippen molar-refractivity contribution in [1.29, 1.82) is 0 Å². The third-order valence-electron chi connectivity index (χ3n) is 4.57. The Labute approximate surface area is 161 Å². The molecule has 1 N–H and O–H groups in total. The minimum atomic E-state index is -0.0406. The second kappa shape index (κ2) is 9.43. The maximum atomic E-state index is 11.8. The zero-order chi connectivity index (χ0) is 17.0. The van der Waals surface area contributed by atoms with Crippen LogP contribution in [-0.4, -0.2) is 86.8 Å². The summed E-state index contributed by atoms with van der Waals surface area (Å²) in [5, 5.41) is 3.13. The molecule has 2 aliphatic rings. The first-order chi connectivity index (χ1) is 10.9. The lowest BCUT2D eigenvalue weighted by molar-refractivity contribution is -0.127. The van der Waals surface area contributed by atoms with Crippen molar-refractivity contribution in [2.45, 2.75) is 19.3 Å². The van der Waals surface area contributed by atoms with Gasteiger partial charge in [0, 0.05) is 41.3 Å². The van der Waals surface area contributed by atoms with Gasteiger partial charge in [-0.25, -0.2) is 4.99 Å². The summed E-state index contributed by atoms with van der Waals surface area (Å²) in [6.07, 6.45) is 3.86. The Morgan fingerprint density at radius 1 is 1.04 bits per heavy atom. The van der Waals surface area contributed by atoms with E-state index in [0.717, 1.165) is 24.9 Å². The van der Waals surface area contributed by atoms with Crippen LogP contribution in [-0.2, 0) is 9.59 Å². The van der Waals surface area contributed by atoms with Crippen LogP contribution >= 0.6 is 24.0 Å². The second-order valence-corrected chi connectivity index (χ2v) is 6.90. The molecular weight excluding hydrogens is 421 g/mol. The molecule has 138 valence electrons. The maximum Gasteiger partial charge on any atom is 0.243 e. The van der Waals surface area contributed by atoms with Gasteiger partial charge in [0.05, 0.1) is 6.54 Å². The van der Waals surface area contributed by atoms with Crippen LogP contribution in [0.4, 0.5) is 0 Å². The van der Waals surface area contributed by atoms with Gasteiger partial charge in [-0.15, -0.1) is 24.0 Å². The van der Waals surface area contributed by atoms with E-state index < -0.39 is 0 Å². The molecule has 1 aliphatic carbocycles. The van der Waals surface area contributed by atoms with Gasteiger partial charge in [0.2, 0.25) is 11.8 Å². The van der Waals surface area contributed by atoms with Gasteiger partial charge < -0.3 is 20.0 Å². The highest BCUT2D eigenvalue weighted by molar-refractivity contribution is 14.0. The summed E-state index contributed by atoms with van der Waals surface area (Å²) in [5.74, 6) is 2.23. The number of carbonyl (C=O) groups is 2. The van der Waals surface area contributed by atoms with E-state index >= 15 is 0 Å². The van der Waals surface area contributed by atoms with E-state index in [4.69, 9.17) is 0 Å². The van der Waals surface area contributed by atoms with Gasteiger partial charge in [0.15, 0.2) is 5.96 Å². The molecule has 1 aliphatic heterocycles. The number of hydrogen-bond acceptors (Lipinski definition) is 3. The number of amides is 2. The van der Waals surface area contributed by atoms with E-state index in [1.807, 2.05) is 0 Å². The third-order valence-corrected chi connectivity index (χ3v) is 4.57. The van der Waals surface area contributed by atoms with Crippen LogP contribution in [0.25, 0.3) is 0 Å². The van der Waals surface area contributed by atoms with Crippen LogP contribution in [0.3, 0.4) is 0 Å². The maximum absolute atomic E-state index is 11.8. The minimum absolute atomic E-state index is 0. The molecule has 1 atom stereocenters. The molecule has 1 heterocycles. The van der Waals surface area contributed by atoms with Crippen molar-refractivity contribution >= 4 is 41.8 Å².